The van der Waals surface area contributed by atoms with E-state index in [0.717, 1.165) is 16.5 Å². The van der Waals surface area contributed by atoms with Crippen LogP contribution < -0.4 is 5.32 Å². The Hall–Kier alpha value is -2.83. The molecule has 1 amide bonds. The molecule has 0 saturated carbocycles. The number of ether oxygens (including phenoxy) is 2. The first-order valence-electron chi connectivity index (χ1n) is 7.49. The molecule has 2 aromatic rings. The molecule has 2 rings (SSSR count). The number of H-pyrrole nitrogens is 1. The summed E-state index contributed by atoms with van der Waals surface area (Å²) in [7, 11) is 0. The molecule has 1 atom stereocenters. The molecule has 0 bridgehead atoms. The van der Waals surface area contributed by atoms with Crippen molar-refractivity contribution in [1.29, 1.82) is 0 Å². The minimum absolute atomic E-state index is 0.0430. The van der Waals surface area contributed by atoms with Crippen LogP contribution in [0.4, 0.5) is 4.79 Å². The van der Waals surface area contributed by atoms with Gasteiger partial charge in [-0.1, -0.05) is 18.2 Å². The van der Waals surface area contributed by atoms with Gasteiger partial charge in [-0.25, -0.2) is 9.59 Å². The van der Waals surface area contributed by atoms with Crippen molar-refractivity contribution in [3.63, 3.8) is 0 Å². The Morgan fingerprint density at radius 2 is 2.00 bits per heavy atom. The molecule has 1 heterocycles. The maximum atomic E-state index is 12.0. The van der Waals surface area contributed by atoms with Crippen molar-refractivity contribution in [2.75, 3.05) is 0 Å². The fourth-order valence-electron chi connectivity index (χ4n) is 2.29. The Morgan fingerprint density at radius 3 is 2.67 bits per heavy atom. The van der Waals surface area contributed by atoms with Crippen LogP contribution in [0.1, 0.15) is 26.3 Å². The maximum Gasteiger partial charge on any atom is 0.408 e. The first-order valence-corrected chi connectivity index (χ1v) is 7.49. The molecule has 24 heavy (non-hydrogen) atoms. The lowest BCUT2D eigenvalue weighted by molar-refractivity contribution is -0.153. The van der Waals surface area contributed by atoms with Crippen molar-refractivity contribution in [3.05, 3.63) is 36.0 Å². The Labute approximate surface area is 139 Å². The van der Waals surface area contributed by atoms with E-state index >= 15 is 0 Å². The van der Waals surface area contributed by atoms with E-state index in [1.54, 1.807) is 27.0 Å². The minimum Gasteiger partial charge on any atom is -0.444 e. The summed E-state index contributed by atoms with van der Waals surface area (Å²) in [4.78, 5) is 37.5. The van der Waals surface area contributed by atoms with Gasteiger partial charge in [-0.05, 0) is 32.4 Å². The second-order valence-electron chi connectivity index (χ2n) is 6.30. The second-order valence-corrected chi connectivity index (χ2v) is 6.30. The van der Waals surface area contributed by atoms with Crippen molar-refractivity contribution in [2.45, 2.75) is 38.8 Å². The van der Waals surface area contributed by atoms with Gasteiger partial charge in [0.1, 0.15) is 11.6 Å². The van der Waals surface area contributed by atoms with Crippen LogP contribution in [0.2, 0.25) is 0 Å². The molecule has 7 nitrogen and oxygen atoms in total. The van der Waals surface area contributed by atoms with Crippen molar-refractivity contribution in [2.24, 2.45) is 0 Å². The highest BCUT2D eigenvalue weighted by molar-refractivity contribution is 5.87. The Morgan fingerprint density at radius 1 is 1.29 bits per heavy atom. The molecule has 1 aromatic heterocycles. The van der Waals surface area contributed by atoms with Crippen LogP contribution in [0, 0.1) is 0 Å². The molecule has 0 aliphatic heterocycles. The minimum atomic E-state index is -1.04. The van der Waals surface area contributed by atoms with Crippen molar-refractivity contribution < 1.29 is 23.9 Å². The van der Waals surface area contributed by atoms with Crippen molar-refractivity contribution in [1.82, 2.24) is 10.3 Å². The summed E-state index contributed by atoms with van der Waals surface area (Å²) in [5.41, 5.74) is 1.02. The summed E-state index contributed by atoms with van der Waals surface area (Å²) >= 11 is 0. The van der Waals surface area contributed by atoms with Gasteiger partial charge >= 0.3 is 18.5 Å². The number of benzene rings is 1. The number of carbonyl (C=O) groups excluding carboxylic acids is 3. The number of hydrogen-bond donors (Lipinski definition) is 2. The predicted molar refractivity (Wildman–Crippen MR) is 87.3 cm³/mol. The third kappa shape index (κ3) is 4.58. The Bertz CT molecular complexity index is 745. The van der Waals surface area contributed by atoms with Gasteiger partial charge in [0.25, 0.3) is 0 Å². The number of fused-ring (bicyclic) bond motifs is 1. The zero-order valence-corrected chi connectivity index (χ0v) is 13.8. The molecule has 0 saturated heterocycles. The zero-order valence-electron chi connectivity index (χ0n) is 13.8. The Kier molecular flexibility index (Phi) is 5.23. The summed E-state index contributed by atoms with van der Waals surface area (Å²) in [5.74, 6) is -0.846. The number of alkyl carbamates (subject to hydrolysis) is 1. The van der Waals surface area contributed by atoms with Crippen LogP contribution in [0.15, 0.2) is 30.5 Å². The van der Waals surface area contributed by atoms with Gasteiger partial charge in [0.2, 0.25) is 0 Å². The zero-order chi connectivity index (χ0) is 17.7. The Balaban J connectivity index is 2.18. The standard InChI is InChI=1S/C17H20N2O5/c1-17(2,3)24-16(22)19-14(15(21)23-10-20)8-11-9-18-13-7-5-4-6-12(11)13/h4-7,9-10,14,18H,8H2,1-3H3,(H,19,22)/t14-/m0/s1. The van der Waals surface area contributed by atoms with Crippen LogP contribution in [-0.4, -0.2) is 35.2 Å². The van der Waals surface area contributed by atoms with Crippen LogP contribution >= 0.6 is 0 Å². The highest BCUT2D eigenvalue weighted by Gasteiger charge is 2.26. The van der Waals surface area contributed by atoms with Gasteiger partial charge in [0.15, 0.2) is 0 Å². The van der Waals surface area contributed by atoms with E-state index in [1.807, 2.05) is 24.3 Å². The monoisotopic (exact) mass is 332 g/mol. The molecule has 0 spiro atoms. The molecule has 2 N–H and O–H groups in total. The van der Waals surface area contributed by atoms with E-state index < -0.39 is 23.7 Å². The lowest BCUT2D eigenvalue weighted by Gasteiger charge is -2.22. The summed E-state index contributed by atoms with van der Waals surface area (Å²) in [6, 6.07) is 6.53. The van der Waals surface area contributed by atoms with Crippen molar-refractivity contribution in [3.8, 4) is 0 Å². The molecule has 0 unspecified atom stereocenters. The summed E-state index contributed by atoms with van der Waals surface area (Å²) in [6.07, 6.45) is 1.16. The third-order valence-corrected chi connectivity index (χ3v) is 3.24. The molecule has 0 radical (unpaired) electrons. The summed E-state index contributed by atoms with van der Waals surface area (Å²) in [5, 5.41) is 3.38. The van der Waals surface area contributed by atoms with Gasteiger partial charge in [0, 0.05) is 23.5 Å². The molecule has 7 heteroatoms. The quantitative estimate of drug-likeness (QED) is 0.497. The fourth-order valence-corrected chi connectivity index (χ4v) is 2.29. The number of rotatable bonds is 5. The first-order chi connectivity index (χ1) is 11.3. The van der Waals surface area contributed by atoms with E-state index in [2.05, 4.69) is 15.0 Å². The van der Waals surface area contributed by atoms with E-state index in [4.69, 9.17) is 4.74 Å². The van der Waals surface area contributed by atoms with E-state index in [9.17, 15) is 14.4 Å². The fraction of sp³-hybridized carbons (Fsp3) is 0.353. The van der Waals surface area contributed by atoms with Gasteiger partial charge in [0.05, 0.1) is 0 Å². The van der Waals surface area contributed by atoms with Gasteiger partial charge < -0.3 is 19.8 Å². The van der Waals surface area contributed by atoms with Crippen molar-refractivity contribution >= 4 is 29.4 Å². The lowest BCUT2D eigenvalue weighted by atomic mass is 10.1. The van der Waals surface area contributed by atoms with Crippen LogP contribution in [-0.2, 0) is 25.5 Å². The van der Waals surface area contributed by atoms with Crippen LogP contribution in [0.25, 0.3) is 10.9 Å². The molecule has 0 aliphatic carbocycles. The van der Waals surface area contributed by atoms with Crippen LogP contribution in [0.3, 0.4) is 0 Å². The third-order valence-electron chi connectivity index (χ3n) is 3.24. The number of aromatic nitrogens is 1. The SMILES string of the molecule is CC(C)(C)OC(=O)N[C@@H](Cc1c[nH]c2ccccc12)C(=O)OC=O. The van der Waals surface area contributed by atoms with E-state index in [1.165, 1.54) is 0 Å². The molecular formula is C17H20N2O5. The van der Waals surface area contributed by atoms with Gasteiger partial charge in [-0.3, -0.25) is 4.79 Å². The smallest absolute Gasteiger partial charge is 0.408 e. The van der Waals surface area contributed by atoms with E-state index in [-0.39, 0.29) is 12.9 Å². The normalized spacial score (nSPS) is 12.5. The highest BCUT2D eigenvalue weighted by Crippen LogP contribution is 2.19. The number of nitrogens with one attached hydrogen (secondary N) is 2. The first kappa shape index (κ1) is 17.5. The molecule has 0 fully saturated rings. The van der Waals surface area contributed by atoms with Crippen LogP contribution in [0.5, 0.6) is 0 Å². The number of aromatic amines is 1. The lowest BCUT2D eigenvalue weighted by Crippen LogP contribution is -2.45. The van der Waals surface area contributed by atoms with E-state index in [0.29, 0.717) is 0 Å². The summed E-state index contributed by atoms with van der Waals surface area (Å²) in [6.45, 7) is 5.18. The van der Waals surface area contributed by atoms with Gasteiger partial charge in [-0.2, -0.15) is 0 Å². The largest absolute Gasteiger partial charge is 0.444 e. The predicted octanol–water partition coefficient (Wildman–Crippen LogP) is 2.30. The van der Waals surface area contributed by atoms with Gasteiger partial charge in [-0.15, -0.1) is 0 Å². The number of esters is 1. The molecular weight excluding hydrogens is 312 g/mol. The number of amides is 1. The maximum absolute atomic E-state index is 12.0. The molecule has 1 aromatic carbocycles. The average molecular weight is 332 g/mol. The molecule has 128 valence electrons. The highest BCUT2D eigenvalue weighted by atomic mass is 16.6. The molecule has 0 aliphatic rings. The summed E-state index contributed by atoms with van der Waals surface area (Å²) < 4.78 is 9.55. The number of para-hydroxylation sites is 1. The number of carbonyl (C=O) groups is 3. The topological polar surface area (TPSA) is 97.5 Å². The number of hydrogen-bond acceptors (Lipinski definition) is 5. The second kappa shape index (κ2) is 7.16. The average Bonchev–Trinajstić information content (AvgIpc) is 2.88.